The van der Waals surface area contributed by atoms with Crippen LogP contribution in [0, 0.1) is 0 Å². The maximum absolute atomic E-state index is 12.0. The van der Waals surface area contributed by atoms with E-state index in [2.05, 4.69) is 5.32 Å². The fourth-order valence-corrected chi connectivity index (χ4v) is 2.67. The first-order chi connectivity index (χ1) is 12.7. The highest BCUT2D eigenvalue weighted by Crippen LogP contribution is 2.19. The lowest BCUT2D eigenvalue weighted by Crippen LogP contribution is -2.38. The van der Waals surface area contributed by atoms with Crippen molar-refractivity contribution in [2.45, 2.75) is 45.3 Å². The van der Waals surface area contributed by atoms with Crippen LogP contribution < -0.4 is 10.1 Å². The molecule has 1 aliphatic rings. The third kappa shape index (κ3) is 6.47. The number of carbonyl (C=O) groups excluding carboxylic acids is 2. The van der Waals surface area contributed by atoms with E-state index in [1.54, 1.807) is 37.8 Å². The summed E-state index contributed by atoms with van der Waals surface area (Å²) in [5.41, 5.74) is -0.362. The highest BCUT2D eigenvalue weighted by Gasteiger charge is 2.25. The number of benzene rings is 1. The van der Waals surface area contributed by atoms with Crippen LogP contribution in [0.3, 0.4) is 0 Å². The number of likely N-dealkylation sites (tertiary alicyclic amines) is 1. The van der Waals surface area contributed by atoms with Crippen molar-refractivity contribution >= 4 is 18.0 Å². The van der Waals surface area contributed by atoms with Gasteiger partial charge in [-0.2, -0.15) is 0 Å². The van der Waals surface area contributed by atoms with Crippen molar-refractivity contribution in [3.05, 3.63) is 29.8 Å². The molecule has 0 saturated carbocycles. The molecule has 0 bridgehead atoms. The SMILES string of the molecule is CC(C)(C)OC(=O)N[C@@H](C(=O)O)c1ccc(OCC(=O)N2CCCC2)cc1. The Balaban J connectivity index is 1.95. The molecule has 8 nitrogen and oxygen atoms in total. The molecule has 1 atom stereocenters. The minimum atomic E-state index is -1.25. The Labute approximate surface area is 158 Å². The van der Waals surface area contributed by atoms with Gasteiger partial charge >= 0.3 is 12.1 Å². The molecular formula is C19H26N2O6. The minimum absolute atomic E-state index is 0.0577. The second kappa shape index (κ2) is 8.75. The van der Waals surface area contributed by atoms with E-state index in [1.165, 1.54) is 12.1 Å². The van der Waals surface area contributed by atoms with E-state index in [9.17, 15) is 19.5 Å². The van der Waals surface area contributed by atoms with Crippen LogP contribution in [-0.2, 0) is 14.3 Å². The molecular weight excluding hydrogens is 352 g/mol. The van der Waals surface area contributed by atoms with Gasteiger partial charge in [0.1, 0.15) is 11.4 Å². The van der Waals surface area contributed by atoms with Crippen molar-refractivity contribution in [2.24, 2.45) is 0 Å². The summed E-state index contributed by atoms with van der Waals surface area (Å²) in [6.45, 7) is 6.54. The van der Waals surface area contributed by atoms with Gasteiger partial charge in [-0.15, -0.1) is 0 Å². The van der Waals surface area contributed by atoms with Crippen molar-refractivity contribution in [2.75, 3.05) is 19.7 Å². The molecule has 2 amide bonds. The Bertz CT molecular complexity index is 674. The van der Waals surface area contributed by atoms with Gasteiger partial charge in [-0.05, 0) is 51.3 Å². The largest absolute Gasteiger partial charge is 0.484 e. The van der Waals surface area contributed by atoms with E-state index in [0.29, 0.717) is 11.3 Å². The zero-order valence-electron chi connectivity index (χ0n) is 15.9. The van der Waals surface area contributed by atoms with Gasteiger partial charge in [0.15, 0.2) is 12.6 Å². The molecule has 0 radical (unpaired) electrons. The number of carbonyl (C=O) groups is 3. The number of aliphatic carboxylic acids is 1. The molecule has 1 heterocycles. The van der Waals surface area contributed by atoms with Crippen LogP contribution in [0.1, 0.15) is 45.2 Å². The maximum Gasteiger partial charge on any atom is 0.408 e. The van der Waals surface area contributed by atoms with Gasteiger partial charge < -0.3 is 24.8 Å². The fraction of sp³-hybridized carbons (Fsp3) is 0.526. The summed E-state index contributed by atoms with van der Waals surface area (Å²) in [5.74, 6) is -0.821. The van der Waals surface area contributed by atoms with E-state index in [4.69, 9.17) is 9.47 Å². The predicted molar refractivity (Wildman–Crippen MR) is 97.5 cm³/mol. The molecule has 0 aliphatic carbocycles. The summed E-state index contributed by atoms with van der Waals surface area (Å²) in [7, 11) is 0. The number of carboxylic acids is 1. The van der Waals surface area contributed by atoms with E-state index in [1.807, 2.05) is 0 Å². The molecule has 0 spiro atoms. The lowest BCUT2D eigenvalue weighted by molar-refractivity contribution is -0.139. The lowest BCUT2D eigenvalue weighted by atomic mass is 10.1. The van der Waals surface area contributed by atoms with Gasteiger partial charge in [-0.25, -0.2) is 9.59 Å². The van der Waals surface area contributed by atoms with Gasteiger partial charge in [0.25, 0.3) is 5.91 Å². The maximum atomic E-state index is 12.0. The number of alkyl carbamates (subject to hydrolysis) is 1. The Morgan fingerprint density at radius 3 is 2.26 bits per heavy atom. The van der Waals surface area contributed by atoms with E-state index >= 15 is 0 Å². The standard InChI is InChI=1S/C19H26N2O6/c1-19(2,3)27-18(25)20-16(17(23)24)13-6-8-14(9-7-13)26-12-15(22)21-10-4-5-11-21/h6-9,16H,4-5,10-12H2,1-3H3,(H,20,25)(H,23,24)/t16-/m1/s1. The average molecular weight is 378 g/mol. The molecule has 1 aliphatic heterocycles. The molecule has 8 heteroatoms. The smallest absolute Gasteiger partial charge is 0.408 e. The summed E-state index contributed by atoms with van der Waals surface area (Å²) >= 11 is 0. The molecule has 1 aromatic rings. The first kappa shape index (κ1) is 20.5. The highest BCUT2D eigenvalue weighted by molar-refractivity contribution is 5.81. The Kier molecular flexibility index (Phi) is 6.65. The van der Waals surface area contributed by atoms with Crippen molar-refractivity contribution in [3.8, 4) is 5.75 Å². The van der Waals surface area contributed by atoms with Crippen LogP contribution in [0.4, 0.5) is 4.79 Å². The zero-order valence-corrected chi connectivity index (χ0v) is 15.9. The topological polar surface area (TPSA) is 105 Å². The Morgan fingerprint density at radius 1 is 1.15 bits per heavy atom. The van der Waals surface area contributed by atoms with Crippen LogP contribution >= 0.6 is 0 Å². The van der Waals surface area contributed by atoms with E-state index in [0.717, 1.165) is 25.9 Å². The molecule has 27 heavy (non-hydrogen) atoms. The molecule has 1 saturated heterocycles. The second-order valence-corrected chi connectivity index (χ2v) is 7.36. The van der Waals surface area contributed by atoms with Gasteiger partial charge in [-0.3, -0.25) is 4.79 Å². The van der Waals surface area contributed by atoms with Gasteiger partial charge in [0, 0.05) is 13.1 Å². The number of hydrogen-bond acceptors (Lipinski definition) is 5. The van der Waals surface area contributed by atoms with Crippen molar-refractivity contribution in [3.63, 3.8) is 0 Å². The number of rotatable bonds is 6. The molecule has 2 rings (SSSR count). The zero-order chi connectivity index (χ0) is 20.0. The van der Waals surface area contributed by atoms with Crippen LogP contribution in [-0.4, -0.2) is 53.3 Å². The molecule has 0 unspecified atom stereocenters. The van der Waals surface area contributed by atoms with E-state index in [-0.39, 0.29) is 12.5 Å². The summed E-state index contributed by atoms with van der Waals surface area (Å²) in [4.78, 5) is 37.1. The van der Waals surface area contributed by atoms with Crippen LogP contribution in [0.25, 0.3) is 0 Å². The van der Waals surface area contributed by atoms with Crippen LogP contribution in [0.2, 0.25) is 0 Å². The molecule has 148 valence electrons. The average Bonchev–Trinajstić information content (AvgIpc) is 3.11. The fourth-order valence-electron chi connectivity index (χ4n) is 2.67. The number of carboxylic acid groups (broad SMARTS) is 1. The molecule has 0 aromatic heterocycles. The number of nitrogens with one attached hydrogen (secondary N) is 1. The van der Waals surface area contributed by atoms with Crippen molar-refractivity contribution in [1.82, 2.24) is 10.2 Å². The quantitative estimate of drug-likeness (QED) is 0.787. The van der Waals surface area contributed by atoms with Crippen LogP contribution in [0.15, 0.2) is 24.3 Å². The predicted octanol–water partition coefficient (Wildman–Crippen LogP) is 2.34. The number of amides is 2. The van der Waals surface area contributed by atoms with Crippen molar-refractivity contribution < 1.29 is 29.0 Å². The summed E-state index contributed by atoms with van der Waals surface area (Å²) in [6, 6.07) is 4.95. The second-order valence-electron chi connectivity index (χ2n) is 7.36. The summed E-state index contributed by atoms with van der Waals surface area (Å²) in [6.07, 6.45) is 1.22. The first-order valence-electron chi connectivity index (χ1n) is 8.88. The Hall–Kier alpha value is -2.77. The third-order valence-corrected chi connectivity index (χ3v) is 3.94. The third-order valence-electron chi connectivity index (χ3n) is 3.94. The summed E-state index contributed by atoms with van der Waals surface area (Å²) in [5, 5.41) is 11.7. The summed E-state index contributed by atoms with van der Waals surface area (Å²) < 4.78 is 10.6. The molecule has 1 aromatic carbocycles. The van der Waals surface area contributed by atoms with Gasteiger partial charge in [-0.1, -0.05) is 12.1 Å². The lowest BCUT2D eigenvalue weighted by Gasteiger charge is -2.22. The van der Waals surface area contributed by atoms with E-state index < -0.39 is 23.7 Å². The number of hydrogen-bond donors (Lipinski definition) is 2. The normalized spacial score (nSPS) is 15.1. The Morgan fingerprint density at radius 2 is 1.74 bits per heavy atom. The molecule has 2 N–H and O–H groups in total. The minimum Gasteiger partial charge on any atom is -0.484 e. The van der Waals surface area contributed by atoms with Crippen molar-refractivity contribution in [1.29, 1.82) is 0 Å². The van der Waals surface area contributed by atoms with Gasteiger partial charge in [0.05, 0.1) is 0 Å². The van der Waals surface area contributed by atoms with Crippen LogP contribution in [0.5, 0.6) is 5.75 Å². The number of ether oxygens (including phenoxy) is 2. The molecule has 1 fully saturated rings. The van der Waals surface area contributed by atoms with Gasteiger partial charge in [0.2, 0.25) is 0 Å². The monoisotopic (exact) mass is 378 g/mol. The number of nitrogens with zero attached hydrogens (tertiary/aromatic N) is 1. The first-order valence-corrected chi connectivity index (χ1v) is 8.88. The highest BCUT2D eigenvalue weighted by atomic mass is 16.6.